The zero-order chi connectivity index (χ0) is 23.7. The molecule has 0 saturated carbocycles. The Morgan fingerprint density at radius 2 is 1.84 bits per heavy atom. The van der Waals surface area contributed by atoms with Crippen molar-refractivity contribution in [2.24, 2.45) is 11.7 Å². The van der Waals surface area contributed by atoms with Gasteiger partial charge in [-0.3, -0.25) is 14.4 Å². The molecule has 1 heterocycles. The van der Waals surface area contributed by atoms with Crippen LogP contribution in [-0.4, -0.2) is 87.6 Å². The molecule has 178 valence electrons. The molecule has 31 heavy (non-hydrogen) atoms. The van der Waals surface area contributed by atoms with E-state index in [0.29, 0.717) is 31.4 Å². The topological polar surface area (TPSA) is 162 Å². The summed E-state index contributed by atoms with van der Waals surface area (Å²) in [6, 6.07) is -4.00. The molecule has 1 saturated heterocycles. The fraction of sp³-hybridized carbons (Fsp3) is 0.800. The van der Waals surface area contributed by atoms with Crippen molar-refractivity contribution in [2.45, 2.75) is 76.7 Å². The van der Waals surface area contributed by atoms with Crippen molar-refractivity contribution in [1.82, 2.24) is 15.5 Å². The number of carbonyl (C=O) groups excluding carboxylic acids is 3. The van der Waals surface area contributed by atoms with E-state index in [1.807, 2.05) is 20.1 Å². The van der Waals surface area contributed by atoms with Crippen LogP contribution in [0.2, 0.25) is 0 Å². The maximum Gasteiger partial charge on any atom is 0.326 e. The van der Waals surface area contributed by atoms with Crippen LogP contribution in [0, 0.1) is 5.92 Å². The lowest BCUT2D eigenvalue weighted by Gasteiger charge is -2.30. The fourth-order valence-corrected chi connectivity index (χ4v) is 3.86. The molecule has 1 aliphatic heterocycles. The van der Waals surface area contributed by atoms with E-state index in [2.05, 4.69) is 10.6 Å². The number of hydrogen-bond donors (Lipinski definition) is 5. The Balaban J connectivity index is 2.94. The number of likely N-dealkylation sites (tertiary alicyclic amines) is 1. The molecule has 6 unspecified atom stereocenters. The van der Waals surface area contributed by atoms with Crippen molar-refractivity contribution in [3.05, 3.63) is 0 Å². The van der Waals surface area contributed by atoms with Crippen LogP contribution < -0.4 is 16.4 Å². The number of nitrogens with two attached hydrogens (primary N) is 1. The smallest absolute Gasteiger partial charge is 0.326 e. The van der Waals surface area contributed by atoms with Gasteiger partial charge in [0.15, 0.2) is 0 Å². The highest BCUT2D eigenvalue weighted by molar-refractivity contribution is 7.98. The molecule has 6 N–H and O–H groups in total. The van der Waals surface area contributed by atoms with Gasteiger partial charge in [-0.1, -0.05) is 20.3 Å². The fourth-order valence-electron chi connectivity index (χ4n) is 3.39. The number of carboxylic acids is 1. The molecule has 1 fully saturated rings. The summed E-state index contributed by atoms with van der Waals surface area (Å²) in [4.78, 5) is 50.9. The van der Waals surface area contributed by atoms with Crippen molar-refractivity contribution >= 4 is 35.5 Å². The van der Waals surface area contributed by atoms with E-state index in [1.54, 1.807) is 0 Å². The van der Waals surface area contributed by atoms with Crippen LogP contribution in [0.25, 0.3) is 0 Å². The standard InChI is InChI=1S/C20H36N4O6S/c1-5-11(2)15(21)18(27)22-13(8-10-31-4)17(26)23-16(12(3)25)19(28)24-9-6-7-14(24)20(29)30/h11-16,25H,5-10,21H2,1-4H3,(H,22,27)(H,23,26)(H,29,30). The molecular weight excluding hydrogens is 424 g/mol. The average Bonchev–Trinajstić information content (AvgIpc) is 3.22. The van der Waals surface area contributed by atoms with Gasteiger partial charge in [-0.05, 0) is 44.1 Å². The molecule has 1 rings (SSSR count). The van der Waals surface area contributed by atoms with Gasteiger partial charge in [-0.15, -0.1) is 0 Å². The average molecular weight is 461 g/mol. The van der Waals surface area contributed by atoms with Crippen LogP contribution in [0.4, 0.5) is 0 Å². The second-order valence-corrected chi connectivity index (χ2v) is 8.99. The van der Waals surface area contributed by atoms with Crippen molar-refractivity contribution in [3.8, 4) is 0 Å². The molecule has 0 aromatic heterocycles. The number of carbonyl (C=O) groups is 4. The molecule has 0 radical (unpaired) electrons. The minimum absolute atomic E-state index is 0.0702. The van der Waals surface area contributed by atoms with Gasteiger partial charge in [0, 0.05) is 6.54 Å². The second kappa shape index (κ2) is 12.9. The molecule has 10 nitrogen and oxygen atoms in total. The summed E-state index contributed by atoms with van der Waals surface area (Å²) in [7, 11) is 0. The molecule has 6 atom stereocenters. The number of nitrogens with one attached hydrogen (secondary N) is 2. The van der Waals surface area contributed by atoms with Gasteiger partial charge in [0.05, 0.1) is 12.1 Å². The Labute approximate surface area is 187 Å². The molecule has 0 aromatic rings. The van der Waals surface area contributed by atoms with Crippen LogP contribution in [0.1, 0.15) is 46.5 Å². The molecular formula is C20H36N4O6S. The molecule has 0 spiro atoms. The Hall–Kier alpha value is -1.85. The van der Waals surface area contributed by atoms with Gasteiger partial charge >= 0.3 is 5.97 Å². The Morgan fingerprint density at radius 1 is 1.19 bits per heavy atom. The summed E-state index contributed by atoms with van der Waals surface area (Å²) in [5, 5.41) is 24.6. The first-order valence-electron chi connectivity index (χ1n) is 10.6. The first-order chi connectivity index (χ1) is 14.5. The van der Waals surface area contributed by atoms with Gasteiger partial charge in [0.2, 0.25) is 17.7 Å². The van der Waals surface area contributed by atoms with Gasteiger partial charge in [0.1, 0.15) is 18.1 Å². The Bertz CT molecular complexity index is 647. The van der Waals surface area contributed by atoms with Crippen molar-refractivity contribution < 1.29 is 29.4 Å². The van der Waals surface area contributed by atoms with Gasteiger partial charge in [0.25, 0.3) is 0 Å². The second-order valence-electron chi connectivity index (χ2n) is 8.01. The van der Waals surface area contributed by atoms with E-state index in [4.69, 9.17) is 5.73 Å². The van der Waals surface area contributed by atoms with E-state index in [0.717, 1.165) is 0 Å². The summed E-state index contributed by atoms with van der Waals surface area (Å²) in [6.07, 6.45) is 2.49. The summed E-state index contributed by atoms with van der Waals surface area (Å²) < 4.78 is 0. The number of carboxylic acid groups (broad SMARTS) is 1. The minimum atomic E-state index is -1.32. The van der Waals surface area contributed by atoms with E-state index in [-0.39, 0.29) is 12.5 Å². The first-order valence-corrected chi connectivity index (χ1v) is 12.0. The highest BCUT2D eigenvalue weighted by atomic mass is 32.2. The van der Waals surface area contributed by atoms with E-state index in [1.165, 1.54) is 23.6 Å². The predicted octanol–water partition coefficient (Wildman–Crippen LogP) is -0.461. The van der Waals surface area contributed by atoms with Crippen LogP contribution in [-0.2, 0) is 19.2 Å². The molecule has 11 heteroatoms. The van der Waals surface area contributed by atoms with Crippen molar-refractivity contribution in [1.29, 1.82) is 0 Å². The highest BCUT2D eigenvalue weighted by Crippen LogP contribution is 2.19. The van der Waals surface area contributed by atoms with Gasteiger partial charge in [-0.25, -0.2) is 4.79 Å². The zero-order valence-electron chi connectivity index (χ0n) is 18.7. The van der Waals surface area contributed by atoms with E-state index in [9.17, 15) is 29.4 Å². The normalized spacial score (nSPS) is 21.0. The van der Waals surface area contributed by atoms with E-state index < -0.39 is 54.0 Å². The third kappa shape index (κ3) is 7.65. The zero-order valence-corrected chi connectivity index (χ0v) is 19.5. The SMILES string of the molecule is CCC(C)C(N)C(=O)NC(CCSC)C(=O)NC(C(=O)N1CCCC1C(=O)O)C(C)O. The molecule has 0 bridgehead atoms. The lowest BCUT2D eigenvalue weighted by Crippen LogP contribution is -2.60. The predicted molar refractivity (Wildman–Crippen MR) is 118 cm³/mol. The number of hydrogen-bond acceptors (Lipinski definition) is 7. The monoisotopic (exact) mass is 460 g/mol. The number of thioether (sulfide) groups is 1. The maximum atomic E-state index is 12.9. The summed E-state index contributed by atoms with van der Waals surface area (Å²) in [5.74, 6) is -2.34. The molecule has 1 aliphatic rings. The Kier molecular flexibility index (Phi) is 11.3. The number of rotatable bonds is 12. The van der Waals surface area contributed by atoms with Crippen molar-refractivity contribution in [3.63, 3.8) is 0 Å². The van der Waals surface area contributed by atoms with Crippen LogP contribution in [0.5, 0.6) is 0 Å². The number of aliphatic hydroxyl groups is 1. The Morgan fingerprint density at radius 3 is 2.35 bits per heavy atom. The third-order valence-corrected chi connectivity index (χ3v) is 6.31. The summed E-state index contributed by atoms with van der Waals surface area (Å²) in [6.45, 7) is 5.35. The summed E-state index contributed by atoms with van der Waals surface area (Å²) in [5.41, 5.74) is 5.97. The number of nitrogens with zero attached hydrogens (tertiary/aromatic N) is 1. The number of amides is 3. The van der Waals surface area contributed by atoms with Crippen LogP contribution in [0.15, 0.2) is 0 Å². The third-order valence-electron chi connectivity index (χ3n) is 5.67. The summed E-state index contributed by atoms with van der Waals surface area (Å²) >= 11 is 1.50. The van der Waals surface area contributed by atoms with Gasteiger partial charge in [-0.2, -0.15) is 11.8 Å². The minimum Gasteiger partial charge on any atom is -0.480 e. The number of aliphatic carboxylic acids is 1. The molecule has 0 aliphatic carbocycles. The largest absolute Gasteiger partial charge is 0.480 e. The van der Waals surface area contributed by atoms with Crippen molar-refractivity contribution in [2.75, 3.05) is 18.6 Å². The van der Waals surface area contributed by atoms with Gasteiger partial charge < -0.3 is 31.5 Å². The highest BCUT2D eigenvalue weighted by Gasteiger charge is 2.40. The lowest BCUT2D eigenvalue weighted by molar-refractivity contribution is -0.150. The molecule has 0 aromatic carbocycles. The quantitative estimate of drug-likeness (QED) is 0.261. The van der Waals surface area contributed by atoms with Crippen LogP contribution >= 0.6 is 11.8 Å². The first kappa shape index (κ1) is 27.2. The molecule has 3 amide bonds. The van der Waals surface area contributed by atoms with E-state index >= 15 is 0 Å². The lowest BCUT2D eigenvalue weighted by atomic mass is 9.99. The van der Waals surface area contributed by atoms with Crippen LogP contribution in [0.3, 0.4) is 0 Å². The maximum absolute atomic E-state index is 12.9. The number of aliphatic hydroxyl groups excluding tert-OH is 1.